The van der Waals surface area contributed by atoms with E-state index in [2.05, 4.69) is 33.1 Å². The minimum absolute atomic E-state index is 0.0521. The summed E-state index contributed by atoms with van der Waals surface area (Å²) in [7, 11) is 1.67. The van der Waals surface area contributed by atoms with E-state index in [-0.39, 0.29) is 12.5 Å². The van der Waals surface area contributed by atoms with E-state index in [1.54, 1.807) is 7.05 Å². The van der Waals surface area contributed by atoms with Crippen LogP contribution < -0.4 is 16.0 Å². The van der Waals surface area contributed by atoms with Crippen LogP contribution in [-0.2, 0) is 16.0 Å². The quantitative estimate of drug-likeness (QED) is 0.354. The maximum Gasteiger partial charge on any atom is 0.239 e. The van der Waals surface area contributed by atoms with Crippen molar-refractivity contribution in [1.82, 2.24) is 16.0 Å². The first-order chi connectivity index (χ1) is 10.8. The molecule has 1 rings (SSSR count). The van der Waals surface area contributed by atoms with E-state index in [1.165, 1.54) is 5.56 Å². The smallest absolute Gasteiger partial charge is 0.239 e. The Hall–Kier alpha value is -2.08. The molecular formula is C16H26N4O2. The molecule has 6 nitrogen and oxygen atoms in total. The summed E-state index contributed by atoms with van der Waals surface area (Å²) in [6, 6.07) is 10.1. The number of aliphatic imine (C=N–C) groups is 1. The Bertz CT molecular complexity index is 449. The van der Waals surface area contributed by atoms with E-state index in [0.29, 0.717) is 32.3 Å². The molecule has 1 aromatic rings. The second-order valence-corrected chi connectivity index (χ2v) is 4.64. The van der Waals surface area contributed by atoms with Crippen molar-refractivity contribution < 1.29 is 9.53 Å². The van der Waals surface area contributed by atoms with Gasteiger partial charge in [-0.25, -0.2) is 0 Å². The molecule has 0 radical (unpaired) electrons. The number of rotatable bonds is 9. The standard InChI is InChI=1S/C16H26N4O2/c1-3-22-12-11-19-16(17-2)20-13-15(21)18-10-9-14-7-5-4-6-8-14/h4-8H,3,9-13H2,1-2H3,(H,18,21)(H2,17,19,20). The summed E-state index contributed by atoms with van der Waals surface area (Å²) in [4.78, 5) is 15.8. The van der Waals surface area contributed by atoms with Crippen molar-refractivity contribution >= 4 is 11.9 Å². The van der Waals surface area contributed by atoms with Crippen molar-refractivity contribution in [2.24, 2.45) is 4.99 Å². The van der Waals surface area contributed by atoms with E-state index in [1.807, 2.05) is 25.1 Å². The number of carbonyl (C=O) groups is 1. The summed E-state index contributed by atoms with van der Waals surface area (Å²) >= 11 is 0. The third kappa shape index (κ3) is 8.26. The van der Waals surface area contributed by atoms with Gasteiger partial charge in [-0.2, -0.15) is 0 Å². The maximum atomic E-state index is 11.7. The lowest BCUT2D eigenvalue weighted by Crippen LogP contribution is -2.44. The van der Waals surface area contributed by atoms with Gasteiger partial charge in [-0.1, -0.05) is 30.3 Å². The lowest BCUT2D eigenvalue weighted by atomic mass is 10.1. The predicted molar refractivity (Wildman–Crippen MR) is 89.0 cm³/mol. The van der Waals surface area contributed by atoms with E-state index in [9.17, 15) is 4.79 Å². The van der Waals surface area contributed by atoms with Gasteiger partial charge in [-0.05, 0) is 18.9 Å². The molecule has 0 heterocycles. The lowest BCUT2D eigenvalue weighted by Gasteiger charge is -2.12. The first-order valence-corrected chi connectivity index (χ1v) is 7.59. The highest BCUT2D eigenvalue weighted by Crippen LogP contribution is 1.97. The van der Waals surface area contributed by atoms with E-state index < -0.39 is 0 Å². The summed E-state index contributed by atoms with van der Waals surface area (Å²) in [5.74, 6) is 0.543. The zero-order valence-electron chi connectivity index (χ0n) is 13.4. The molecular weight excluding hydrogens is 280 g/mol. The van der Waals surface area contributed by atoms with Crippen molar-refractivity contribution in [3.8, 4) is 0 Å². The van der Waals surface area contributed by atoms with Crippen LogP contribution in [0, 0.1) is 0 Å². The molecule has 1 aromatic carbocycles. The van der Waals surface area contributed by atoms with Crippen LogP contribution in [0.3, 0.4) is 0 Å². The van der Waals surface area contributed by atoms with Crippen LogP contribution in [-0.4, -0.2) is 51.8 Å². The highest BCUT2D eigenvalue weighted by Gasteiger charge is 2.03. The summed E-state index contributed by atoms with van der Waals surface area (Å²) in [5.41, 5.74) is 1.21. The second kappa shape index (κ2) is 11.6. The average molecular weight is 306 g/mol. The minimum atomic E-state index is -0.0521. The van der Waals surface area contributed by atoms with Crippen LogP contribution in [0.2, 0.25) is 0 Å². The van der Waals surface area contributed by atoms with Crippen molar-refractivity contribution in [3.05, 3.63) is 35.9 Å². The van der Waals surface area contributed by atoms with Gasteiger partial charge >= 0.3 is 0 Å². The second-order valence-electron chi connectivity index (χ2n) is 4.64. The van der Waals surface area contributed by atoms with Gasteiger partial charge in [-0.3, -0.25) is 9.79 Å². The molecule has 0 aliphatic heterocycles. The van der Waals surface area contributed by atoms with Gasteiger partial charge in [0, 0.05) is 26.7 Å². The summed E-state index contributed by atoms with van der Waals surface area (Å²) in [5, 5.41) is 8.92. The van der Waals surface area contributed by atoms with Crippen LogP contribution in [0.15, 0.2) is 35.3 Å². The summed E-state index contributed by atoms with van der Waals surface area (Å²) in [6.07, 6.45) is 0.827. The van der Waals surface area contributed by atoms with Crippen LogP contribution >= 0.6 is 0 Å². The number of guanidine groups is 1. The zero-order chi connectivity index (χ0) is 16.0. The van der Waals surface area contributed by atoms with Gasteiger partial charge in [-0.15, -0.1) is 0 Å². The highest BCUT2D eigenvalue weighted by atomic mass is 16.5. The Morgan fingerprint density at radius 2 is 1.91 bits per heavy atom. The van der Waals surface area contributed by atoms with Gasteiger partial charge in [0.25, 0.3) is 0 Å². The van der Waals surface area contributed by atoms with Crippen molar-refractivity contribution in [3.63, 3.8) is 0 Å². The fourth-order valence-corrected chi connectivity index (χ4v) is 1.82. The van der Waals surface area contributed by atoms with Gasteiger partial charge in [0.2, 0.25) is 5.91 Å². The maximum absolute atomic E-state index is 11.7. The molecule has 0 atom stereocenters. The molecule has 0 aliphatic rings. The Kier molecular flexibility index (Phi) is 9.45. The van der Waals surface area contributed by atoms with Crippen LogP contribution in [0.25, 0.3) is 0 Å². The zero-order valence-corrected chi connectivity index (χ0v) is 13.4. The van der Waals surface area contributed by atoms with Gasteiger partial charge in [0.1, 0.15) is 0 Å². The Morgan fingerprint density at radius 3 is 2.59 bits per heavy atom. The average Bonchev–Trinajstić information content (AvgIpc) is 2.55. The molecule has 1 amide bonds. The van der Waals surface area contributed by atoms with Crippen molar-refractivity contribution in [2.75, 3.05) is 39.9 Å². The van der Waals surface area contributed by atoms with Crippen LogP contribution in [0.1, 0.15) is 12.5 Å². The molecule has 0 saturated carbocycles. The molecule has 122 valence electrons. The number of benzene rings is 1. The van der Waals surface area contributed by atoms with E-state index in [4.69, 9.17) is 4.74 Å². The number of ether oxygens (including phenoxy) is 1. The SMILES string of the molecule is CCOCCNC(=NC)NCC(=O)NCCc1ccccc1. The van der Waals surface area contributed by atoms with E-state index >= 15 is 0 Å². The molecule has 0 aliphatic carbocycles. The molecule has 22 heavy (non-hydrogen) atoms. The topological polar surface area (TPSA) is 74.8 Å². The monoisotopic (exact) mass is 306 g/mol. The van der Waals surface area contributed by atoms with Crippen LogP contribution in [0.4, 0.5) is 0 Å². The number of carbonyl (C=O) groups excluding carboxylic acids is 1. The number of nitrogens with one attached hydrogen (secondary N) is 3. The highest BCUT2D eigenvalue weighted by molar-refractivity contribution is 5.86. The third-order valence-electron chi connectivity index (χ3n) is 2.96. The summed E-state index contributed by atoms with van der Waals surface area (Å²) < 4.78 is 5.22. The first kappa shape index (κ1) is 18.0. The Morgan fingerprint density at radius 1 is 1.14 bits per heavy atom. The molecule has 3 N–H and O–H groups in total. The van der Waals surface area contributed by atoms with Gasteiger partial charge in [0.15, 0.2) is 5.96 Å². The lowest BCUT2D eigenvalue weighted by molar-refractivity contribution is -0.119. The largest absolute Gasteiger partial charge is 0.380 e. The molecule has 0 bridgehead atoms. The Labute approximate surface area is 132 Å². The molecule has 0 unspecified atom stereocenters. The fraction of sp³-hybridized carbons (Fsp3) is 0.500. The first-order valence-electron chi connectivity index (χ1n) is 7.59. The van der Waals surface area contributed by atoms with Crippen molar-refractivity contribution in [1.29, 1.82) is 0 Å². The molecule has 6 heteroatoms. The van der Waals surface area contributed by atoms with Gasteiger partial charge in [0.05, 0.1) is 13.2 Å². The third-order valence-corrected chi connectivity index (χ3v) is 2.96. The minimum Gasteiger partial charge on any atom is -0.380 e. The molecule has 0 spiro atoms. The molecule has 0 fully saturated rings. The number of nitrogens with zero attached hydrogens (tertiary/aromatic N) is 1. The number of hydrogen-bond acceptors (Lipinski definition) is 3. The normalized spacial score (nSPS) is 11.1. The molecule has 0 saturated heterocycles. The number of amides is 1. The fourth-order valence-electron chi connectivity index (χ4n) is 1.82. The number of hydrogen-bond donors (Lipinski definition) is 3. The molecule has 0 aromatic heterocycles. The van der Waals surface area contributed by atoms with Crippen molar-refractivity contribution in [2.45, 2.75) is 13.3 Å². The predicted octanol–water partition coefficient (Wildman–Crippen LogP) is 0.547. The summed E-state index contributed by atoms with van der Waals surface area (Å²) in [6.45, 7) is 4.73. The Balaban J connectivity index is 2.13. The van der Waals surface area contributed by atoms with E-state index in [0.717, 1.165) is 6.42 Å². The van der Waals surface area contributed by atoms with Gasteiger partial charge < -0.3 is 20.7 Å². The van der Waals surface area contributed by atoms with Crippen LogP contribution in [0.5, 0.6) is 0 Å².